The minimum Gasteiger partial charge on any atom is -0.497 e. The van der Waals surface area contributed by atoms with E-state index >= 15 is 0 Å². The SMILES string of the molecule is COc1cccc(NC(=O)N2CCN(Cc3nnnn3-c3cccc(F)c3)CC2)c1. The van der Waals surface area contributed by atoms with E-state index in [1.54, 1.807) is 30.2 Å². The molecule has 0 spiro atoms. The van der Waals surface area contributed by atoms with Gasteiger partial charge in [-0.3, -0.25) is 4.90 Å². The number of methoxy groups -OCH3 is 1. The lowest BCUT2D eigenvalue weighted by Gasteiger charge is -2.34. The van der Waals surface area contributed by atoms with Crippen molar-refractivity contribution in [3.05, 3.63) is 60.2 Å². The Bertz CT molecular complexity index is 1020. The maximum absolute atomic E-state index is 13.5. The number of nitrogens with one attached hydrogen (secondary N) is 1. The number of anilines is 1. The average molecular weight is 411 g/mol. The highest BCUT2D eigenvalue weighted by Crippen LogP contribution is 2.18. The lowest BCUT2D eigenvalue weighted by Crippen LogP contribution is -2.49. The van der Waals surface area contributed by atoms with Crippen LogP contribution in [0.2, 0.25) is 0 Å². The number of tetrazole rings is 1. The molecular formula is C20H22FN7O2. The van der Waals surface area contributed by atoms with Gasteiger partial charge in [-0.15, -0.1) is 5.10 Å². The molecule has 0 bridgehead atoms. The summed E-state index contributed by atoms with van der Waals surface area (Å²) in [6.45, 7) is 3.03. The molecule has 1 N–H and O–H groups in total. The van der Waals surface area contributed by atoms with Crippen LogP contribution in [0.3, 0.4) is 0 Å². The molecule has 1 aliphatic heterocycles. The fourth-order valence-electron chi connectivity index (χ4n) is 3.33. The number of amides is 2. The number of rotatable bonds is 5. The molecule has 3 aromatic rings. The minimum absolute atomic E-state index is 0.146. The Balaban J connectivity index is 1.33. The monoisotopic (exact) mass is 411 g/mol. The Hall–Kier alpha value is -3.53. The predicted molar refractivity (Wildman–Crippen MR) is 108 cm³/mol. The fourth-order valence-corrected chi connectivity index (χ4v) is 3.33. The summed E-state index contributed by atoms with van der Waals surface area (Å²) in [6.07, 6.45) is 0. The van der Waals surface area contributed by atoms with Gasteiger partial charge in [-0.05, 0) is 40.8 Å². The Morgan fingerprint density at radius 2 is 1.93 bits per heavy atom. The van der Waals surface area contributed by atoms with Crippen molar-refractivity contribution in [3.63, 3.8) is 0 Å². The zero-order valence-corrected chi connectivity index (χ0v) is 16.5. The molecule has 4 rings (SSSR count). The highest BCUT2D eigenvalue weighted by Gasteiger charge is 2.23. The summed E-state index contributed by atoms with van der Waals surface area (Å²) < 4.78 is 20.2. The molecule has 0 radical (unpaired) electrons. The van der Waals surface area contributed by atoms with Gasteiger partial charge in [-0.1, -0.05) is 12.1 Å². The molecule has 1 aromatic heterocycles. The highest BCUT2D eigenvalue weighted by atomic mass is 19.1. The molecule has 1 saturated heterocycles. The minimum atomic E-state index is -0.343. The number of aromatic nitrogens is 4. The van der Waals surface area contributed by atoms with Crippen LogP contribution in [-0.2, 0) is 6.54 Å². The van der Waals surface area contributed by atoms with Gasteiger partial charge < -0.3 is 15.0 Å². The van der Waals surface area contributed by atoms with Gasteiger partial charge in [-0.2, -0.15) is 4.68 Å². The van der Waals surface area contributed by atoms with Gasteiger partial charge in [0.2, 0.25) is 0 Å². The second kappa shape index (κ2) is 8.87. The molecule has 0 unspecified atom stereocenters. The number of hydrogen-bond acceptors (Lipinski definition) is 6. The summed E-state index contributed by atoms with van der Waals surface area (Å²) in [5.74, 6) is 0.966. The average Bonchev–Trinajstić information content (AvgIpc) is 3.22. The van der Waals surface area contributed by atoms with Gasteiger partial charge >= 0.3 is 6.03 Å². The molecule has 2 heterocycles. The number of carbonyl (C=O) groups excluding carboxylic acids is 1. The maximum Gasteiger partial charge on any atom is 0.321 e. The van der Waals surface area contributed by atoms with Gasteiger partial charge in [0.15, 0.2) is 5.82 Å². The molecule has 2 aromatic carbocycles. The number of nitrogens with zero attached hydrogens (tertiary/aromatic N) is 6. The first-order chi connectivity index (χ1) is 14.6. The molecule has 2 amide bonds. The molecule has 9 nitrogen and oxygen atoms in total. The summed E-state index contributed by atoms with van der Waals surface area (Å²) >= 11 is 0. The lowest BCUT2D eigenvalue weighted by molar-refractivity contribution is 0.140. The van der Waals surface area contributed by atoms with Crippen LogP contribution in [-0.4, -0.2) is 69.3 Å². The van der Waals surface area contributed by atoms with Crippen LogP contribution in [0.25, 0.3) is 5.69 Å². The smallest absolute Gasteiger partial charge is 0.321 e. The standard InChI is InChI=1S/C20H22FN7O2/c1-30-18-7-3-5-16(13-18)22-20(29)27-10-8-26(9-11-27)14-19-23-24-25-28(19)17-6-2-4-15(21)12-17/h2-7,12-13H,8-11,14H2,1H3,(H,22,29). The zero-order chi connectivity index (χ0) is 20.9. The van der Waals surface area contributed by atoms with Crippen molar-refractivity contribution in [2.24, 2.45) is 0 Å². The van der Waals surface area contributed by atoms with E-state index in [1.807, 2.05) is 18.2 Å². The van der Waals surface area contributed by atoms with Crippen molar-refractivity contribution < 1.29 is 13.9 Å². The maximum atomic E-state index is 13.5. The van der Waals surface area contributed by atoms with Crippen molar-refractivity contribution in [3.8, 4) is 11.4 Å². The third-order valence-corrected chi connectivity index (χ3v) is 4.93. The second-order valence-electron chi connectivity index (χ2n) is 6.91. The molecule has 1 aliphatic rings. The van der Waals surface area contributed by atoms with Gasteiger partial charge in [-0.25, -0.2) is 9.18 Å². The molecule has 10 heteroatoms. The fraction of sp³-hybridized carbons (Fsp3) is 0.300. The normalized spacial score (nSPS) is 14.5. The topological polar surface area (TPSA) is 88.4 Å². The number of piperazine rings is 1. The van der Waals surface area contributed by atoms with Crippen LogP contribution >= 0.6 is 0 Å². The summed E-state index contributed by atoms with van der Waals surface area (Å²) in [5.41, 5.74) is 1.27. The quantitative estimate of drug-likeness (QED) is 0.692. The summed E-state index contributed by atoms with van der Waals surface area (Å²) in [4.78, 5) is 16.5. The largest absolute Gasteiger partial charge is 0.497 e. The van der Waals surface area contributed by atoms with Crippen LogP contribution < -0.4 is 10.1 Å². The zero-order valence-electron chi connectivity index (χ0n) is 16.5. The van der Waals surface area contributed by atoms with Crippen molar-refractivity contribution in [1.29, 1.82) is 0 Å². The lowest BCUT2D eigenvalue weighted by atomic mass is 10.3. The number of halogens is 1. The molecule has 30 heavy (non-hydrogen) atoms. The van der Waals surface area contributed by atoms with E-state index < -0.39 is 0 Å². The Morgan fingerprint density at radius 1 is 1.13 bits per heavy atom. The van der Waals surface area contributed by atoms with Crippen LogP contribution in [0.4, 0.5) is 14.9 Å². The van der Waals surface area contributed by atoms with Gasteiger partial charge in [0.1, 0.15) is 11.6 Å². The van der Waals surface area contributed by atoms with E-state index in [2.05, 4.69) is 25.7 Å². The highest BCUT2D eigenvalue weighted by molar-refractivity contribution is 5.89. The van der Waals surface area contributed by atoms with Crippen LogP contribution in [0.5, 0.6) is 5.75 Å². The number of urea groups is 1. The third kappa shape index (κ3) is 4.54. The van der Waals surface area contributed by atoms with Crippen LogP contribution in [0.15, 0.2) is 48.5 Å². The first-order valence-corrected chi connectivity index (χ1v) is 9.58. The van der Waals surface area contributed by atoms with E-state index in [-0.39, 0.29) is 11.8 Å². The number of benzene rings is 2. The number of hydrogen-bond donors (Lipinski definition) is 1. The summed E-state index contributed by atoms with van der Waals surface area (Å²) in [5, 5.41) is 14.7. The van der Waals surface area contributed by atoms with Gasteiger partial charge in [0.25, 0.3) is 0 Å². The van der Waals surface area contributed by atoms with Gasteiger partial charge in [0.05, 0.1) is 19.3 Å². The van der Waals surface area contributed by atoms with E-state index in [4.69, 9.17) is 4.74 Å². The summed E-state index contributed by atoms with van der Waals surface area (Å²) in [6, 6.07) is 13.3. The molecule has 156 valence electrons. The molecule has 0 aliphatic carbocycles. The van der Waals surface area contributed by atoms with Crippen molar-refractivity contribution in [2.45, 2.75) is 6.54 Å². The van der Waals surface area contributed by atoms with Gasteiger partial charge in [0, 0.05) is 37.9 Å². The molecule has 1 fully saturated rings. The predicted octanol–water partition coefficient (Wildman–Crippen LogP) is 2.16. The molecule has 0 saturated carbocycles. The first-order valence-electron chi connectivity index (χ1n) is 9.58. The van der Waals surface area contributed by atoms with Crippen molar-refractivity contribution in [1.82, 2.24) is 30.0 Å². The van der Waals surface area contributed by atoms with E-state index in [0.29, 0.717) is 55.7 Å². The van der Waals surface area contributed by atoms with Crippen molar-refractivity contribution >= 4 is 11.7 Å². The van der Waals surface area contributed by atoms with Crippen LogP contribution in [0.1, 0.15) is 5.82 Å². The van der Waals surface area contributed by atoms with E-state index in [0.717, 1.165) is 0 Å². The number of ether oxygens (including phenoxy) is 1. The Morgan fingerprint density at radius 3 is 2.70 bits per heavy atom. The first kappa shape index (κ1) is 19.8. The summed E-state index contributed by atoms with van der Waals surface area (Å²) in [7, 11) is 1.59. The Labute approximate surface area is 173 Å². The van der Waals surface area contributed by atoms with E-state index in [9.17, 15) is 9.18 Å². The van der Waals surface area contributed by atoms with Crippen molar-refractivity contribution in [2.75, 3.05) is 38.6 Å². The number of carbonyl (C=O) groups is 1. The Kier molecular flexibility index (Phi) is 5.84. The molecular weight excluding hydrogens is 389 g/mol. The second-order valence-corrected chi connectivity index (χ2v) is 6.91. The van der Waals surface area contributed by atoms with Crippen LogP contribution in [0, 0.1) is 5.82 Å². The third-order valence-electron chi connectivity index (χ3n) is 4.93. The van der Waals surface area contributed by atoms with E-state index in [1.165, 1.54) is 16.8 Å². The molecule has 0 atom stereocenters.